The molecule has 2 aromatic rings. The van der Waals surface area contributed by atoms with Crippen molar-refractivity contribution in [3.63, 3.8) is 0 Å². The average Bonchev–Trinajstić information content (AvgIpc) is 2.77. The van der Waals surface area contributed by atoms with Crippen LogP contribution in [-0.4, -0.2) is 14.8 Å². The van der Waals surface area contributed by atoms with Crippen molar-refractivity contribution in [3.8, 4) is 0 Å². The number of oxazole rings is 1. The fraction of sp³-hybridized carbons (Fsp3) is 0.333. The fourth-order valence-corrected chi connectivity index (χ4v) is 1.77. The third-order valence-electron chi connectivity index (χ3n) is 1.94. The number of halogens is 1. The van der Waals surface area contributed by atoms with Gasteiger partial charge in [0.05, 0.1) is 15.9 Å². The molecule has 6 heteroatoms. The summed E-state index contributed by atoms with van der Waals surface area (Å²) in [4.78, 5) is 4.01. The number of rotatable bonds is 4. The van der Waals surface area contributed by atoms with Gasteiger partial charge in [-0.05, 0) is 15.9 Å². The summed E-state index contributed by atoms with van der Waals surface area (Å²) in [6, 6.07) is 0. The van der Waals surface area contributed by atoms with Gasteiger partial charge in [0.25, 0.3) is 0 Å². The van der Waals surface area contributed by atoms with E-state index in [1.54, 1.807) is 10.9 Å². The van der Waals surface area contributed by atoms with E-state index in [1.165, 1.54) is 6.39 Å². The number of aromatic nitrogens is 3. The molecule has 0 bridgehead atoms. The minimum atomic E-state index is 0.680. The van der Waals surface area contributed by atoms with Crippen molar-refractivity contribution in [2.24, 2.45) is 7.05 Å². The second-order valence-electron chi connectivity index (χ2n) is 3.18. The van der Waals surface area contributed by atoms with Crippen LogP contribution in [0, 0.1) is 0 Å². The largest absolute Gasteiger partial charge is 0.451 e. The van der Waals surface area contributed by atoms with Gasteiger partial charge in [0.2, 0.25) is 0 Å². The molecule has 0 aliphatic carbocycles. The molecule has 0 aromatic carbocycles. The third-order valence-corrected chi connectivity index (χ3v) is 2.60. The molecule has 80 valence electrons. The predicted octanol–water partition coefficient (Wildman–Crippen LogP) is 1.46. The number of hydrogen-bond donors (Lipinski definition) is 1. The van der Waals surface area contributed by atoms with E-state index in [2.05, 4.69) is 31.3 Å². The van der Waals surface area contributed by atoms with Gasteiger partial charge in [-0.15, -0.1) is 0 Å². The van der Waals surface area contributed by atoms with E-state index >= 15 is 0 Å². The van der Waals surface area contributed by atoms with E-state index < -0.39 is 0 Å². The molecule has 2 aromatic heterocycles. The van der Waals surface area contributed by atoms with Crippen LogP contribution in [0.4, 0.5) is 0 Å². The molecule has 0 fully saturated rings. The summed E-state index contributed by atoms with van der Waals surface area (Å²) in [5, 5.41) is 7.52. The van der Waals surface area contributed by atoms with Gasteiger partial charge in [0, 0.05) is 26.3 Å². The van der Waals surface area contributed by atoms with E-state index in [4.69, 9.17) is 4.42 Å². The predicted molar refractivity (Wildman–Crippen MR) is 58.0 cm³/mol. The molecule has 5 nitrogen and oxygen atoms in total. The summed E-state index contributed by atoms with van der Waals surface area (Å²) < 4.78 is 7.65. The van der Waals surface area contributed by atoms with Crippen molar-refractivity contribution in [2.75, 3.05) is 0 Å². The topological polar surface area (TPSA) is 55.9 Å². The van der Waals surface area contributed by atoms with Crippen molar-refractivity contribution in [1.82, 2.24) is 20.1 Å². The monoisotopic (exact) mass is 270 g/mol. The second kappa shape index (κ2) is 4.59. The maximum absolute atomic E-state index is 4.86. The van der Waals surface area contributed by atoms with Crippen LogP contribution in [0.15, 0.2) is 27.7 Å². The number of nitrogens with zero attached hydrogens (tertiary/aromatic N) is 3. The highest BCUT2D eigenvalue weighted by molar-refractivity contribution is 9.10. The zero-order valence-corrected chi connectivity index (χ0v) is 9.86. The first-order valence-corrected chi connectivity index (χ1v) is 5.31. The maximum atomic E-state index is 4.86. The number of aryl methyl sites for hydroxylation is 1. The molecule has 0 amide bonds. The Morgan fingerprint density at radius 3 is 3.00 bits per heavy atom. The van der Waals surface area contributed by atoms with E-state index in [0.29, 0.717) is 13.1 Å². The van der Waals surface area contributed by atoms with Gasteiger partial charge in [-0.2, -0.15) is 5.10 Å². The standard InChI is InChI=1S/C9H11BrN4O/c1-14-4-8(10)9(13-14)3-11-2-7-5-15-6-12-7/h4-6,11H,2-3H2,1H3. The molecular formula is C9H11BrN4O. The molecule has 2 heterocycles. The number of nitrogens with one attached hydrogen (secondary N) is 1. The van der Waals surface area contributed by atoms with Gasteiger partial charge in [0.1, 0.15) is 6.26 Å². The third kappa shape index (κ3) is 2.66. The van der Waals surface area contributed by atoms with Gasteiger partial charge in [-0.1, -0.05) is 0 Å². The highest BCUT2D eigenvalue weighted by atomic mass is 79.9. The minimum Gasteiger partial charge on any atom is -0.451 e. The molecule has 0 aliphatic heterocycles. The van der Waals surface area contributed by atoms with Crippen molar-refractivity contribution in [2.45, 2.75) is 13.1 Å². The first kappa shape index (κ1) is 10.4. The Morgan fingerprint density at radius 1 is 1.53 bits per heavy atom. The zero-order valence-electron chi connectivity index (χ0n) is 8.27. The van der Waals surface area contributed by atoms with Crippen molar-refractivity contribution in [1.29, 1.82) is 0 Å². The molecule has 0 saturated carbocycles. The SMILES string of the molecule is Cn1cc(Br)c(CNCc2cocn2)n1. The Kier molecular flexibility index (Phi) is 3.17. The molecule has 15 heavy (non-hydrogen) atoms. The van der Waals surface area contributed by atoms with E-state index in [0.717, 1.165) is 15.9 Å². The summed E-state index contributed by atoms with van der Waals surface area (Å²) in [5.74, 6) is 0. The van der Waals surface area contributed by atoms with E-state index in [-0.39, 0.29) is 0 Å². The second-order valence-corrected chi connectivity index (χ2v) is 4.04. The molecule has 0 radical (unpaired) electrons. The van der Waals surface area contributed by atoms with Crippen molar-refractivity contribution < 1.29 is 4.42 Å². The van der Waals surface area contributed by atoms with Crippen LogP contribution in [0.2, 0.25) is 0 Å². The summed E-state index contributed by atoms with van der Waals surface area (Å²) in [6.45, 7) is 1.38. The van der Waals surface area contributed by atoms with E-state index in [9.17, 15) is 0 Å². The van der Waals surface area contributed by atoms with Crippen LogP contribution in [0.25, 0.3) is 0 Å². The van der Waals surface area contributed by atoms with Gasteiger partial charge >= 0.3 is 0 Å². The van der Waals surface area contributed by atoms with Gasteiger partial charge in [-0.25, -0.2) is 4.98 Å². The zero-order chi connectivity index (χ0) is 10.7. The van der Waals surface area contributed by atoms with Crippen molar-refractivity contribution >= 4 is 15.9 Å². The molecule has 1 N–H and O–H groups in total. The van der Waals surface area contributed by atoms with Crippen LogP contribution in [0.3, 0.4) is 0 Å². The summed E-state index contributed by atoms with van der Waals surface area (Å²) in [6.07, 6.45) is 4.97. The van der Waals surface area contributed by atoms with E-state index in [1.807, 2.05) is 13.2 Å². The molecule has 0 aliphatic rings. The van der Waals surface area contributed by atoms with Crippen LogP contribution in [0.1, 0.15) is 11.4 Å². The quantitative estimate of drug-likeness (QED) is 0.914. The highest BCUT2D eigenvalue weighted by Crippen LogP contribution is 2.13. The maximum Gasteiger partial charge on any atom is 0.180 e. The molecular weight excluding hydrogens is 260 g/mol. The molecule has 0 spiro atoms. The van der Waals surface area contributed by atoms with Crippen LogP contribution in [0.5, 0.6) is 0 Å². The minimum absolute atomic E-state index is 0.680. The Morgan fingerprint density at radius 2 is 2.40 bits per heavy atom. The Labute approximate surface area is 95.6 Å². The van der Waals surface area contributed by atoms with Gasteiger partial charge in [-0.3, -0.25) is 4.68 Å². The Balaban J connectivity index is 1.86. The highest BCUT2D eigenvalue weighted by Gasteiger charge is 2.04. The summed E-state index contributed by atoms with van der Waals surface area (Å²) >= 11 is 3.44. The van der Waals surface area contributed by atoms with Gasteiger partial charge < -0.3 is 9.73 Å². The summed E-state index contributed by atoms with van der Waals surface area (Å²) in [5.41, 5.74) is 1.88. The van der Waals surface area contributed by atoms with Crippen LogP contribution >= 0.6 is 15.9 Å². The normalized spacial score (nSPS) is 10.8. The lowest BCUT2D eigenvalue weighted by Gasteiger charge is -1.99. The lowest BCUT2D eigenvalue weighted by Crippen LogP contribution is -2.13. The van der Waals surface area contributed by atoms with Crippen molar-refractivity contribution in [3.05, 3.63) is 34.7 Å². The average molecular weight is 271 g/mol. The van der Waals surface area contributed by atoms with Crippen LogP contribution in [-0.2, 0) is 20.1 Å². The first-order chi connectivity index (χ1) is 7.25. The molecule has 2 rings (SSSR count). The summed E-state index contributed by atoms with van der Waals surface area (Å²) in [7, 11) is 1.89. The lowest BCUT2D eigenvalue weighted by molar-refractivity contribution is 0.554. The molecule has 0 saturated heterocycles. The first-order valence-electron chi connectivity index (χ1n) is 4.51. The smallest absolute Gasteiger partial charge is 0.180 e. The molecule has 0 unspecified atom stereocenters. The number of hydrogen-bond acceptors (Lipinski definition) is 4. The fourth-order valence-electron chi connectivity index (χ4n) is 1.26. The Hall–Kier alpha value is -1.14. The Bertz CT molecular complexity index is 423. The van der Waals surface area contributed by atoms with Gasteiger partial charge in [0.15, 0.2) is 6.39 Å². The molecule has 0 atom stereocenters. The van der Waals surface area contributed by atoms with Crippen LogP contribution < -0.4 is 5.32 Å². The lowest BCUT2D eigenvalue weighted by atomic mass is 10.4.